The first-order chi connectivity index (χ1) is 13.9. The molecule has 1 fully saturated rings. The van der Waals surface area contributed by atoms with Gasteiger partial charge in [-0.1, -0.05) is 30.3 Å². The molecule has 0 aliphatic carbocycles. The molecule has 1 heterocycles. The third-order valence-corrected chi connectivity index (χ3v) is 4.69. The number of carbonyl (C=O) groups excluding carboxylic acids is 3. The van der Waals surface area contributed by atoms with Crippen LogP contribution in [0.4, 0.5) is 11.4 Å². The van der Waals surface area contributed by atoms with Crippen molar-refractivity contribution in [2.24, 2.45) is 0 Å². The molecule has 152 valence electrons. The van der Waals surface area contributed by atoms with Gasteiger partial charge in [-0.15, -0.1) is 0 Å². The number of nitrogens with one attached hydrogen (secondary N) is 3. The Morgan fingerprint density at radius 3 is 2.17 bits per heavy atom. The van der Waals surface area contributed by atoms with Crippen LogP contribution in [0.25, 0.3) is 0 Å². The number of likely N-dealkylation sites (tertiary alicyclic amines) is 1. The molecular weight excluding hydrogens is 368 g/mol. The van der Waals surface area contributed by atoms with Gasteiger partial charge < -0.3 is 16.0 Å². The number of benzene rings is 2. The topological polar surface area (TPSA) is 90.5 Å². The maximum atomic E-state index is 12.8. The lowest BCUT2D eigenvalue weighted by Crippen LogP contribution is -2.37. The predicted octanol–water partition coefficient (Wildman–Crippen LogP) is 2.61. The van der Waals surface area contributed by atoms with Gasteiger partial charge in [0.05, 0.1) is 0 Å². The molecule has 7 nitrogen and oxygen atoms in total. The molecule has 0 spiro atoms. The van der Waals surface area contributed by atoms with Crippen LogP contribution in [0.1, 0.15) is 36.2 Å². The summed E-state index contributed by atoms with van der Waals surface area (Å²) in [6.07, 6.45) is 0.877. The Labute approximate surface area is 170 Å². The Morgan fingerprint density at radius 1 is 0.966 bits per heavy atom. The highest BCUT2D eigenvalue weighted by molar-refractivity contribution is 6.00. The monoisotopic (exact) mass is 394 g/mol. The number of anilines is 2. The summed E-state index contributed by atoms with van der Waals surface area (Å²) < 4.78 is 0. The van der Waals surface area contributed by atoms with Gasteiger partial charge in [0, 0.05) is 56.5 Å². The van der Waals surface area contributed by atoms with E-state index in [1.54, 1.807) is 18.2 Å². The molecule has 2 aromatic carbocycles. The molecule has 7 heteroatoms. The fourth-order valence-corrected chi connectivity index (χ4v) is 3.51. The minimum Gasteiger partial charge on any atom is -0.348 e. The normalized spacial score (nSPS) is 16.3. The number of hydrogen-bond acceptors (Lipinski definition) is 4. The second-order valence-corrected chi connectivity index (χ2v) is 7.34. The molecule has 3 N–H and O–H groups in total. The second kappa shape index (κ2) is 9.34. The summed E-state index contributed by atoms with van der Waals surface area (Å²) >= 11 is 0. The van der Waals surface area contributed by atoms with Gasteiger partial charge in [-0.2, -0.15) is 0 Å². The lowest BCUT2D eigenvalue weighted by Gasteiger charge is -2.17. The Balaban J connectivity index is 1.65. The van der Waals surface area contributed by atoms with E-state index in [0.29, 0.717) is 16.9 Å². The summed E-state index contributed by atoms with van der Waals surface area (Å²) in [6.45, 7) is 5.35. The van der Waals surface area contributed by atoms with Crippen molar-refractivity contribution < 1.29 is 14.4 Å². The van der Waals surface area contributed by atoms with Crippen LogP contribution in [-0.4, -0.2) is 41.8 Å². The molecule has 3 rings (SSSR count). The zero-order chi connectivity index (χ0) is 20.8. The summed E-state index contributed by atoms with van der Waals surface area (Å²) in [5.41, 5.74) is 2.57. The third kappa shape index (κ3) is 6.15. The predicted molar refractivity (Wildman–Crippen MR) is 113 cm³/mol. The first-order valence-electron chi connectivity index (χ1n) is 9.66. The van der Waals surface area contributed by atoms with Crippen LogP contribution in [0.2, 0.25) is 0 Å². The van der Waals surface area contributed by atoms with Gasteiger partial charge in [-0.3, -0.25) is 19.3 Å². The quantitative estimate of drug-likeness (QED) is 0.702. The van der Waals surface area contributed by atoms with Crippen LogP contribution >= 0.6 is 0 Å². The van der Waals surface area contributed by atoms with Crippen LogP contribution in [-0.2, 0) is 16.1 Å². The highest BCUT2D eigenvalue weighted by Gasteiger charge is 2.24. The van der Waals surface area contributed by atoms with Crippen molar-refractivity contribution in [1.82, 2.24) is 10.2 Å². The van der Waals surface area contributed by atoms with Crippen molar-refractivity contribution in [3.05, 3.63) is 59.7 Å². The Morgan fingerprint density at radius 2 is 1.59 bits per heavy atom. The molecule has 0 aromatic heterocycles. The highest BCUT2D eigenvalue weighted by Crippen LogP contribution is 2.20. The van der Waals surface area contributed by atoms with E-state index >= 15 is 0 Å². The molecule has 0 unspecified atom stereocenters. The zero-order valence-electron chi connectivity index (χ0n) is 16.7. The van der Waals surface area contributed by atoms with Crippen molar-refractivity contribution in [3.63, 3.8) is 0 Å². The fraction of sp³-hybridized carbons (Fsp3) is 0.318. The largest absolute Gasteiger partial charge is 0.348 e. The zero-order valence-corrected chi connectivity index (χ0v) is 16.7. The molecule has 1 saturated heterocycles. The minimum absolute atomic E-state index is 0.0554. The minimum atomic E-state index is -0.247. The molecule has 29 heavy (non-hydrogen) atoms. The lowest BCUT2D eigenvalue weighted by molar-refractivity contribution is -0.115. The number of nitrogens with zero attached hydrogens (tertiary/aromatic N) is 1. The van der Waals surface area contributed by atoms with Gasteiger partial charge in [0.1, 0.15) is 0 Å². The molecule has 1 aliphatic heterocycles. The number of hydrogen-bond donors (Lipinski definition) is 3. The van der Waals surface area contributed by atoms with Crippen molar-refractivity contribution >= 4 is 29.1 Å². The molecular formula is C22H26N4O3. The van der Waals surface area contributed by atoms with Crippen LogP contribution < -0.4 is 16.0 Å². The van der Waals surface area contributed by atoms with E-state index in [4.69, 9.17) is 0 Å². The standard InChI is InChI=1S/C22H26N4O3/c1-15(27)23-20-10-18(11-21(12-20)24-16(2)28)22(29)25-19-8-9-26(14-19)13-17-6-4-3-5-7-17/h3-7,10-12,19H,8-9,13-14H2,1-2H3,(H,23,27)(H,24,28)(H,25,29)/t19-/m0/s1. The Kier molecular flexibility index (Phi) is 6.61. The van der Waals surface area contributed by atoms with E-state index in [1.165, 1.54) is 19.4 Å². The van der Waals surface area contributed by atoms with Crippen molar-refractivity contribution in [1.29, 1.82) is 0 Å². The van der Waals surface area contributed by atoms with Crippen LogP contribution in [0.3, 0.4) is 0 Å². The Bertz CT molecular complexity index is 864. The van der Waals surface area contributed by atoms with E-state index in [-0.39, 0.29) is 23.8 Å². The van der Waals surface area contributed by atoms with Crippen molar-refractivity contribution in [3.8, 4) is 0 Å². The summed E-state index contributed by atoms with van der Waals surface area (Å²) in [5.74, 6) is -0.720. The van der Waals surface area contributed by atoms with E-state index in [9.17, 15) is 14.4 Å². The van der Waals surface area contributed by atoms with E-state index in [0.717, 1.165) is 26.1 Å². The SMILES string of the molecule is CC(=O)Nc1cc(NC(C)=O)cc(C(=O)N[C@H]2CCN(Cc3ccccc3)C2)c1. The third-order valence-electron chi connectivity index (χ3n) is 4.69. The molecule has 2 aromatic rings. The molecule has 1 aliphatic rings. The van der Waals surface area contributed by atoms with Crippen LogP contribution in [0, 0.1) is 0 Å². The summed E-state index contributed by atoms with van der Waals surface area (Å²) in [5, 5.41) is 8.39. The molecule has 3 amide bonds. The van der Waals surface area contributed by atoms with Gasteiger partial charge in [0.15, 0.2) is 0 Å². The van der Waals surface area contributed by atoms with Crippen molar-refractivity contribution in [2.45, 2.75) is 32.9 Å². The summed E-state index contributed by atoms with van der Waals surface area (Å²) in [7, 11) is 0. The number of amides is 3. The van der Waals surface area contributed by atoms with Gasteiger partial charge in [0.2, 0.25) is 11.8 Å². The molecule has 1 atom stereocenters. The first kappa shape index (κ1) is 20.5. The lowest BCUT2D eigenvalue weighted by atomic mass is 10.1. The average molecular weight is 394 g/mol. The fourth-order valence-electron chi connectivity index (χ4n) is 3.51. The first-order valence-corrected chi connectivity index (χ1v) is 9.66. The smallest absolute Gasteiger partial charge is 0.251 e. The van der Waals surface area contributed by atoms with Gasteiger partial charge >= 0.3 is 0 Å². The maximum absolute atomic E-state index is 12.8. The Hall–Kier alpha value is -3.19. The number of carbonyl (C=O) groups is 3. The van der Waals surface area contributed by atoms with E-state index < -0.39 is 0 Å². The van der Waals surface area contributed by atoms with Gasteiger partial charge in [-0.05, 0) is 30.2 Å². The van der Waals surface area contributed by atoms with Gasteiger partial charge in [-0.25, -0.2) is 0 Å². The van der Waals surface area contributed by atoms with Gasteiger partial charge in [0.25, 0.3) is 5.91 Å². The van der Waals surface area contributed by atoms with Crippen molar-refractivity contribution in [2.75, 3.05) is 23.7 Å². The van der Waals surface area contributed by atoms with E-state index in [2.05, 4.69) is 33.0 Å². The highest BCUT2D eigenvalue weighted by atomic mass is 16.2. The second-order valence-electron chi connectivity index (χ2n) is 7.34. The van der Waals surface area contributed by atoms with Crippen LogP contribution in [0.5, 0.6) is 0 Å². The summed E-state index contributed by atoms with van der Waals surface area (Å²) in [4.78, 5) is 37.9. The van der Waals surface area contributed by atoms with E-state index in [1.807, 2.05) is 18.2 Å². The average Bonchev–Trinajstić information content (AvgIpc) is 3.08. The molecule has 0 saturated carbocycles. The molecule has 0 radical (unpaired) electrons. The van der Waals surface area contributed by atoms with Crippen LogP contribution in [0.15, 0.2) is 48.5 Å². The summed E-state index contributed by atoms with van der Waals surface area (Å²) in [6, 6.07) is 15.2. The maximum Gasteiger partial charge on any atom is 0.251 e. The molecule has 0 bridgehead atoms. The number of rotatable bonds is 6.